The van der Waals surface area contributed by atoms with Gasteiger partial charge in [0.05, 0.1) is 22.3 Å². The third-order valence-corrected chi connectivity index (χ3v) is 2.76. The first-order valence-electron chi connectivity index (χ1n) is 5.35. The van der Waals surface area contributed by atoms with Crippen LogP contribution in [0, 0.1) is 6.92 Å². The second kappa shape index (κ2) is 5.20. The van der Waals surface area contributed by atoms with Crippen molar-refractivity contribution in [1.29, 1.82) is 0 Å². The summed E-state index contributed by atoms with van der Waals surface area (Å²) in [7, 11) is 0. The molecule has 0 fully saturated rings. The summed E-state index contributed by atoms with van der Waals surface area (Å²) >= 11 is 0. The molecule has 12 heteroatoms. The lowest BCUT2D eigenvalue weighted by atomic mass is 9.90. The molecule has 0 spiro atoms. The maximum absolute atomic E-state index is 12.7. The fraction of sp³-hybridized carbons (Fsp3) is 0.455. The van der Waals surface area contributed by atoms with Gasteiger partial charge < -0.3 is 0 Å². The van der Waals surface area contributed by atoms with Crippen LogP contribution in [0.3, 0.4) is 0 Å². The van der Waals surface area contributed by atoms with Gasteiger partial charge in [0.15, 0.2) is 0 Å². The van der Waals surface area contributed by atoms with Gasteiger partial charge >= 0.3 is 24.7 Å². The Bertz CT molecular complexity index is 546. The van der Waals surface area contributed by atoms with Gasteiger partial charge in [0, 0.05) is 0 Å². The van der Waals surface area contributed by atoms with Gasteiger partial charge in [0.25, 0.3) is 0 Å². The molecule has 0 amide bonds. The highest BCUT2D eigenvalue weighted by molar-refractivity contribution is 5.50. The second-order valence-corrected chi connectivity index (χ2v) is 4.34. The molecule has 0 aliphatic heterocycles. The lowest BCUT2D eigenvalue weighted by Crippen LogP contribution is -2.26. The minimum Gasteiger partial charge on any atom is -0.166 e. The average molecular weight is 364 g/mol. The normalized spacial score (nSPS) is 14.3. The van der Waals surface area contributed by atoms with E-state index in [1.54, 1.807) is 0 Å². The van der Waals surface area contributed by atoms with E-state index in [1.165, 1.54) is 0 Å². The molecule has 0 saturated carbocycles. The van der Waals surface area contributed by atoms with Gasteiger partial charge in [0.1, 0.15) is 0 Å². The summed E-state index contributed by atoms with van der Waals surface area (Å²) < 4.78 is 152. The highest BCUT2D eigenvalue weighted by Crippen LogP contribution is 2.50. The first-order chi connectivity index (χ1) is 9.88. The molecule has 0 radical (unpaired) electrons. The molecule has 0 nitrogen and oxygen atoms in total. The van der Waals surface area contributed by atoms with Gasteiger partial charge in [0.2, 0.25) is 0 Å². The van der Waals surface area contributed by atoms with Crippen molar-refractivity contribution in [2.24, 2.45) is 0 Å². The van der Waals surface area contributed by atoms with Gasteiger partial charge in [-0.05, 0) is 18.6 Å². The van der Waals surface area contributed by atoms with Crippen molar-refractivity contribution in [2.75, 3.05) is 0 Å². The molecule has 0 aliphatic rings. The quantitative estimate of drug-likeness (QED) is 0.490. The minimum absolute atomic E-state index is 0.0872. The Morgan fingerprint density at radius 2 is 0.783 bits per heavy atom. The molecule has 0 heterocycles. The molecule has 0 unspecified atom stereocenters. The Morgan fingerprint density at radius 3 is 0.957 bits per heavy atom. The van der Waals surface area contributed by atoms with Crippen molar-refractivity contribution < 1.29 is 52.7 Å². The molecule has 0 atom stereocenters. The van der Waals surface area contributed by atoms with Crippen molar-refractivity contribution in [3.8, 4) is 0 Å². The van der Waals surface area contributed by atoms with E-state index in [9.17, 15) is 52.7 Å². The third kappa shape index (κ3) is 3.83. The number of hydrogen-bond acceptors (Lipinski definition) is 0. The van der Waals surface area contributed by atoms with E-state index < -0.39 is 58.6 Å². The molecule has 0 N–H and O–H groups in total. The summed E-state index contributed by atoms with van der Waals surface area (Å²) in [5.74, 6) is 0. The topological polar surface area (TPSA) is 0 Å². The average Bonchev–Trinajstić information content (AvgIpc) is 2.20. The number of hydrogen-bond donors (Lipinski definition) is 0. The van der Waals surface area contributed by atoms with E-state index >= 15 is 0 Å². The summed E-state index contributed by atoms with van der Waals surface area (Å²) in [5.41, 5.74) is -13.5. The van der Waals surface area contributed by atoms with Crippen LogP contribution in [0.25, 0.3) is 0 Å². The van der Waals surface area contributed by atoms with E-state index in [0.717, 1.165) is 0 Å². The van der Waals surface area contributed by atoms with Crippen LogP contribution < -0.4 is 0 Å². The Hall–Kier alpha value is -1.62. The van der Waals surface area contributed by atoms with Gasteiger partial charge in [-0.25, -0.2) is 0 Å². The van der Waals surface area contributed by atoms with Crippen LogP contribution in [0.15, 0.2) is 6.07 Å². The number of halogens is 12. The Kier molecular flexibility index (Phi) is 4.39. The summed E-state index contributed by atoms with van der Waals surface area (Å²) in [6, 6.07) is -1.17. The van der Waals surface area contributed by atoms with Crippen LogP contribution in [-0.2, 0) is 24.7 Å². The SMILES string of the molecule is Cc1c(C(F)(F)F)c(C(F)(F)F)cc(C(F)(F)F)c1C(F)(F)F. The Labute approximate surface area is 119 Å². The standard InChI is InChI=1S/C11H4F12/c1-3-6(10(18,19)20)4(8(12,13)14)2-5(9(15,16)17)7(3)11(21,22)23/h2H,1H3. The fourth-order valence-electron chi connectivity index (χ4n) is 2.00. The van der Waals surface area contributed by atoms with E-state index in [-0.39, 0.29) is 6.92 Å². The number of benzene rings is 1. The molecule has 23 heavy (non-hydrogen) atoms. The van der Waals surface area contributed by atoms with E-state index in [4.69, 9.17) is 0 Å². The number of alkyl halides is 12. The van der Waals surface area contributed by atoms with Crippen molar-refractivity contribution in [3.63, 3.8) is 0 Å². The van der Waals surface area contributed by atoms with Crippen LogP contribution in [-0.4, -0.2) is 0 Å². The Morgan fingerprint density at radius 1 is 0.522 bits per heavy atom. The molecule has 0 saturated heterocycles. The van der Waals surface area contributed by atoms with Crippen LogP contribution in [0.2, 0.25) is 0 Å². The molecular formula is C11H4F12. The van der Waals surface area contributed by atoms with E-state index in [0.29, 0.717) is 0 Å². The maximum atomic E-state index is 12.7. The molecule has 1 rings (SSSR count). The van der Waals surface area contributed by atoms with Crippen LogP contribution in [0.1, 0.15) is 27.8 Å². The zero-order valence-electron chi connectivity index (χ0n) is 10.6. The van der Waals surface area contributed by atoms with E-state index in [2.05, 4.69) is 0 Å². The summed E-state index contributed by atoms with van der Waals surface area (Å²) in [4.78, 5) is 0. The van der Waals surface area contributed by atoms with Gasteiger partial charge in [-0.15, -0.1) is 0 Å². The molecule has 0 bridgehead atoms. The fourth-order valence-corrected chi connectivity index (χ4v) is 2.00. The predicted molar refractivity (Wildman–Crippen MR) is 51.2 cm³/mol. The first-order valence-corrected chi connectivity index (χ1v) is 5.35. The van der Waals surface area contributed by atoms with Crippen molar-refractivity contribution in [3.05, 3.63) is 33.9 Å². The van der Waals surface area contributed by atoms with Crippen molar-refractivity contribution in [2.45, 2.75) is 31.6 Å². The largest absolute Gasteiger partial charge is 0.417 e. The zero-order valence-corrected chi connectivity index (χ0v) is 10.6. The molecule has 1 aromatic rings. The monoisotopic (exact) mass is 364 g/mol. The third-order valence-electron chi connectivity index (χ3n) is 2.76. The summed E-state index contributed by atoms with van der Waals surface area (Å²) in [6.45, 7) is -0.0872. The molecule has 0 aromatic heterocycles. The minimum atomic E-state index is -5.93. The van der Waals surface area contributed by atoms with Gasteiger partial charge in [-0.3, -0.25) is 0 Å². The zero-order chi connectivity index (χ0) is 18.6. The Balaban J connectivity index is 4.09. The lowest BCUT2D eigenvalue weighted by molar-refractivity contribution is -0.171. The maximum Gasteiger partial charge on any atom is 0.417 e. The first kappa shape index (κ1) is 19.4. The molecule has 1 aromatic carbocycles. The van der Waals surface area contributed by atoms with Crippen LogP contribution in [0.4, 0.5) is 52.7 Å². The lowest BCUT2D eigenvalue weighted by Gasteiger charge is -2.25. The summed E-state index contributed by atoms with van der Waals surface area (Å²) in [5, 5.41) is 0. The van der Waals surface area contributed by atoms with E-state index in [1.807, 2.05) is 0 Å². The molecular weight excluding hydrogens is 360 g/mol. The number of rotatable bonds is 0. The molecule has 0 aliphatic carbocycles. The van der Waals surface area contributed by atoms with Gasteiger partial charge in [-0.1, -0.05) is 0 Å². The highest BCUT2D eigenvalue weighted by Gasteiger charge is 2.52. The smallest absolute Gasteiger partial charge is 0.166 e. The molecule has 132 valence electrons. The highest BCUT2D eigenvalue weighted by atomic mass is 19.4. The van der Waals surface area contributed by atoms with Crippen molar-refractivity contribution in [1.82, 2.24) is 0 Å². The predicted octanol–water partition coefficient (Wildman–Crippen LogP) is 6.07. The van der Waals surface area contributed by atoms with Crippen molar-refractivity contribution >= 4 is 0 Å². The van der Waals surface area contributed by atoms with Gasteiger partial charge in [-0.2, -0.15) is 52.7 Å². The van der Waals surface area contributed by atoms with Crippen LogP contribution >= 0.6 is 0 Å². The summed E-state index contributed by atoms with van der Waals surface area (Å²) in [6.07, 6.45) is -23.7. The second-order valence-electron chi connectivity index (χ2n) is 4.34. The van der Waals surface area contributed by atoms with Crippen LogP contribution in [0.5, 0.6) is 0 Å².